The molecule has 1 aromatic carbocycles. The molecule has 1 aliphatic heterocycles. The number of likely N-dealkylation sites (tertiary alicyclic amines) is 1. The topological polar surface area (TPSA) is 77.8 Å². The van der Waals surface area contributed by atoms with E-state index in [1.165, 1.54) is 0 Å². The van der Waals surface area contributed by atoms with Crippen LogP contribution in [-0.4, -0.2) is 45.7 Å². The van der Waals surface area contributed by atoms with E-state index in [9.17, 15) is 14.7 Å². The van der Waals surface area contributed by atoms with Crippen LogP contribution < -0.4 is 0 Å². The van der Waals surface area contributed by atoms with Crippen molar-refractivity contribution < 1.29 is 19.8 Å². The number of nitrogens with zero attached hydrogens (tertiary/aromatic N) is 1. The number of carbonyl (C=O) groups is 2. The molecule has 1 fully saturated rings. The zero-order valence-electron chi connectivity index (χ0n) is 16.6. The third kappa shape index (κ3) is 6.24. The van der Waals surface area contributed by atoms with Crippen LogP contribution in [0.2, 0.25) is 0 Å². The highest BCUT2D eigenvalue weighted by molar-refractivity contribution is 5.87. The Kier molecular flexibility index (Phi) is 8.28. The number of carbonyl (C=O) groups excluding carboxylic acids is 1. The molecule has 0 spiro atoms. The van der Waals surface area contributed by atoms with Crippen LogP contribution in [0.3, 0.4) is 0 Å². The Labute approximate surface area is 167 Å². The quantitative estimate of drug-likeness (QED) is 0.507. The summed E-state index contributed by atoms with van der Waals surface area (Å²) in [6.07, 6.45) is 6.57. The fourth-order valence-corrected chi connectivity index (χ4v) is 3.38. The maximum atomic E-state index is 12.2. The molecule has 0 aromatic heterocycles. The lowest BCUT2D eigenvalue weighted by Gasteiger charge is -2.23. The lowest BCUT2D eigenvalue weighted by atomic mass is 10.00. The summed E-state index contributed by atoms with van der Waals surface area (Å²) in [5.41, 5.74) is 1.24. The largest absolute Gasteiger partial charge is 0.478 e. The third-order valence-corrected chi connectivity index (χ3v) is 5.13. The van der Waals surface area contributed by atoms with E-state index in [1.807, 2.05) is 24.0 Å². The first kappa shape index (κ1) is 21.7. The summed E-state index contributed by atoms with van der Waals surface area (Å²) < 4.78 is 0. The second-order valence-electron chi connectivity index (χ2n) is 7.29. The molecule has 0 radical (unpaired) electrons. The molecule has 1 heterocycles. The van der Waals surface area contributed by atoms with Gasteiger partial charge in [-0.15, -0.1) is 11.8 Å². The Bertz CT molecular complexity index is 774. The Morgan fingerprint density at radius 3 is 2.93 bits per heavy atom. The summed E-state index contributed by atoms with van der Waals surface area (Å²) in [4.78, 5) is 25.2. The number of carboxylic acid groups (broad SMARTS) is 1. The molecule has 2 rings (SSSR count). The van der Waals surface area contributed by atoms with Gasteiger partial charge in [0, 0.05) is 19.4 Å². The van der Waals surface area contributed by atoms with Crippen molar-refractivity contribution >= 4 is 11.9 Å². The van der Waals surface area contributed by atoms with Gasteiger partial charge in [0.05, 0.1) is 17.7 Å². The van der Waals surface area contributed by atoms with Crippen molar-refractivity contribution in [2.45, 2.75) is 58.1 Å². The van der Waals surface area contributed by atoms with Crippen LogP contribution in [0, 0.1) is 17.8 Å². The Morgan fingerprint density at radius 1 is 1.43 bits per heavy atom. The van der Waals surface area contributed by atoms with Gasteiger partial charge >= 0.3 is 5.97 Å². The molecular weight excluding hydrogens is 354 g/mol. The maximum Gasteiger partial charge on any atom is 0.335 e. The minimum atomic E-state index is -0.931. The molecule has 2 N–H and O–H groups in total. The van der Waals surface area contributed by atoms with Gasteiger partial charge in [-0.3, -0.25) is 4.79 Å². The highest BCUT2D eigenvalue weighted by Gasteiger charge is 2.28. The molecule has 5 nitrogen and oxygen atoms in total. The first-order valence-electron chi connectivity index (χ1n) is 9.80. The van der Waals surface area contributed by atoms with Crippen molar-refractivity contribution in [2.75, 3.05) is 6.54 Å². The van der Waals surface area contributed by atoms with Crippen molar-refractivity contribution in [2.24, 2.45) is 5.92 Å². The second-order valence-corrected chi connectivity index (χ2v) is 7.29. The third-order valence-electron chi connectivity index (χ3n) is 5.13. The van der Waals surface area contributed by atoms with Crippen LogP contribution in [0.1, 0.15) is 55.5 Å². The molecule has 3 atom stereocenters. The minimum absolute atomic E-state index is 0.0111. The zero-order chi connectivity index (χ0) is 20.5. The van der Waals surface area contributed by atoms with Crippen molar-refractivity contribution in [3.05, 3.63) is 47.5 Å². The molecule has 0 aliphatic carbocycles. The van der Waals surface area contributed by atoms with Crippen molar-refractivity contribution in [1.29, 1.82) is 0 Å². The predicted octanol–water partition coefficient (Wildman–Crippen LogP) is 3.28. The van der Waals surface area contributed by atoms with Gasteiger partial charge in [-0.2, -0.15) is 0 Å². The Morgan fingerprint density at radius 2 is 2.21 bits per heavy atom. The SMILES string of the molecule is CC#CC[C@H](C)[C@H](O)C=C[C@H]1CCC(=O)N1CCCc1cccc(C(=O)O)c1. The predicted molar refractivity (Wildman–Crippen MR) is 109 cm³/mol. The molecule has 0 unspecified atom stereocenters. The van der Waals surface area contributed by atoms with Crippen LogP contribution >= 0.6 is 0 Å². The fourth-order valence-electron chi connectivity index (χ4n) is 3.38. The number of aryl methyl sites for hydroxylation is 1. The summed E-state index contributed by atoms with van der Waals surface area (Å²) >= 11 is 0. The highest BCUT2D eigenvalue weighted by Crippen LogP contribution is 2.21. The molecule has 0 saturated carbocycles. The van der Waals surface area contributed by atoms with Crippen molar-refractivity contribution in [1.82, 2.24) is 4.90 Å². The summed E-state index contributed by atoms with van der Waals surface area (Å²) in [6.45, 7) is 4.37. The van der Waals surface area contributed by atoms with Crippen LogP contribution in [0.15, 0.2) is 36.4 Å². The Balaban J connectivity index is 1.89. The van der Waals surface area contributed by atoms with E-state index < -0.39 is 12.1 Å². The lowest BCUT2D eigenvalue weighted by molar-refractivity contribution is -0.128. The average molecular weight is 383 g/mol. The van der Waals surface area contributed by atoms with E-state index in [2.05, 4.69) is 11.8 Å². The van der Waals surface area contributed by atoms with E-state index in [-0.39, 0.29) is 23.4 Å². The van der Waals surface area contributed by atoms with Crippen LogP contribution in [0.25, 0.3) is 0 Å². The summed E-state index contributed by atoms with van der Waals surface area (Å²) in [5, 5.41) is 19.3. The number of benzene rings is 1. The van der Waals surface area contributed by atoms with Gasteiger partial charge in [0.2, 0.25) is 5.91 Å². The number of aliphatic hydroxyl groups excluding tert-OH is 1. The zero-order valence-corrected chi connectivity index (χ0v) is 16.6. The lowest BCUT2D eigenvalue weighted by Crippen LogP contribution is -2.33. The molecule has 150 valence electrons. The van der Waals surface area contributed by atoms with Gasteiger partial charge in [-0.1, -0.05) is 31.2 Å². The van der Waals surface area contributed by atoms with Gasteiger partial charge in [0.15, 0.2) is 0 Å². The number of hydrogen-bond acceptors (Lipinski definition) is 3. The first-order valence-corrected chi connectivity index (χ1v) is 9.80. The smallest absolute Gasteiger partial charge is 0.335 e. The van der Waals surface area contributed by atoms with Crippen molar-refractivity contribution in [3.8, 4) is 11.8 Å². The maximum absolute atomic E-state index is 12.2. The number of aromatic carboxylic acids is 1. The first-order chi connectivity index (χ1) is 13.4. The van der Waals surface area contributed by atoms with Crippen LogP contribution in [-0.2, 0) is 11.2 Å². The molecule has 1 aliphatic rings. The molecule has 1 saturated heterocycles. The van der Waals surface area contributed by atoms with Crippen molar-refractivity contribution in [3.63, 3.8) is 0 Å². The molecule has 5 heteroatoms. The van der Waals surface area contributed by atoms with Crippen LogP contribution in [0.4, 0.5) is 0 Å². The fraction of sp³-hybridized carbons (Fsp3) is 0.478. The highest BCUT2D eigenvalue weighted by atomic mass is 16.4. The number of amides is 1. The normalized spacial score (nSPS) is 18.8. The number of hydrogen-bond donors (Lipinski definition) is 2. The van der Waals surface area contributed by atoms with E-state index in [1.54, 1.807) is 31.2 Å². The monoisotopic (exact) mass is 383 g/mol. The second kappa shape index (κ2) is 10.7. The van der Waals surface area contributed by atoms with E-state index in [0.29, 0.717) is 19.4 Å². The van der Waals surface area contributed by atoms with Crippen LogP contribution in [0.5, 0.6) is 0 Å². The van der Waals surface area contributed by atoms with Gasteiger partial charge in [0.1, 0.15) is 0 Å². The average Bonchev–Trinajstić information content (AvgIpc) is 3.04. The van der Waals surface area contributed by atoms with E-state index in [0.717, 1.165) is 24.8 Å². The number of aliphatic hydroxyl groups is 1. The Hall–Kier alpha value is -2.58. The minimum Gasteiger partial charge on any atom is -0.478 e. The molecule has 1 amide bonds. The molecular formula is C23H29NO4. The molecule has 1 aromatic rings. The van der Waals surface area contributed by atoms with E-state index >= 15 is 0 Å². The summed E-state index contributed by atoms with van der Waals surface area (Å²) in [6, 6.07) is 6.93. The molecule has 28 heavy (non-hydrogen) atoms. The summed E-state index contributed by atoms with van der Waals surface area (Å²) in [7, 11) is 0. The van der Waals surface area contributed by atoms with Gasteiger partial charge < -0.3 is 15.1 Å². The van der Waals surface area contributed by atoms with Gasteiger partial charge in [-0.05, 0) is 49.8 Å². The van der Waals surface area contributed by atoms with Gasteiger partial charge in [-0.25, -0.2) is 4.79 Å². The van der Waals surface area contributed by atoms with E-state index in [4.69, 9.17) is 5.11 Å². The standard InChI is InChI=1S/C23H29NO4/c1-3-4-7-17(2)21(25)13-11-20-12-14-22(26)24(20)15-6-9-18-8-5-10-19(16-18)23(27)28/h5,8,10-11,13,16-17,20-21,25H,6-7,9,12,14-15H2,1-2H3,(H,27,28)/t17-,20-,21+/m0/s1. The number of rotatable bonds is 9. The molecule has 0 bridgehead atoms. The number of carboxylic acids is 1. The van der Waals surface area contributed by atoms with Gasteiger partial charge in [0.25, 0.3) is 0 Å². The summed E-state index contributed by atoms with van der Waals surface area (Å²) in [5.74, 6) is 5.07.